The Balaban J connectivity index is 1.53. The summed E-state index contributed by atoms with van der Waals surface area (Å²) in [6.45, 7) is 0.846. The summed E-state index contributed by atoms with van der Waals surface area (Å²) in [7, 11) is 0. The number of anilines is 1. The van der Waals surface area contributed by atoms with E-state index in [-0.39, 0.29) is 12.2 Å². The highest BCUT2D eigenvalue weighted by atomic mass is 32.1. The van der Waals surface area contributed by atoms with Crippen LogP contribution in [0.3, 0.4) is 0 Å². The van der Waals surface area contributed by atoms with Crippen LogP contribution in [0.2, 0.25) is 0 Å². The molecular weight excluding hydrogens is 282 g/mol. The van der Waals surface area contributed by atoms with Crippen molar-refractivity contribution >= 4 is 17.0 Å². The quantitative estimate of drug-likeness (QED) is 0.876. The topological polar surface area (TPSA) is 41.5 Å². The van der Waals surface area contributed by atoms with Crippen LogP contribution in [0, 0.1) is 0 Å². The molecule has 1 heterocycles. The van der Waals surface area contributed by atoms with E-state index in [0.29, 0.717) is 0 Å². The van der Waals surface area contributed by atoms with Gasteiger partial charge in [0.2, 0.25) is 0 Å². The molecule has 4 heteroatoms. The molecule has 112 valence electrons. The molecule has 0 amide bonds. The molecule has 0 bridgehead atoms. The van der Waals surface area contributed by atoms with Gasteiger partial charge < -0.3 is 15.2 Å². The lowest BCUT2D eigenvalue weighted by molar-refractivity contribution is 0.00688. The molecule has 3 rings (SSSR count). The van der Waals surface area contributed by atoms with Gasteiger partial charge in [0.15, 0.2) is 0 Å². The van der Waals surface area contributed by atoms with Crippen molar-refractivity contribution in [1.29, 1.82) is 0 Å². The highest BCUT2D eigenvalue weighted by molar-refractivity contribution is 7.09. The molecule has 2 N–H and O–H groups in total. The van der Waals surface area contributed by atoms with Crippen LogP contribution in [0.25, 0.3) is 0 Å². The molecule has 2 atom stereocenters. The van der Waals surface area contributed by atoms with Gasteiger partial charge in [-0.25, -0.2) is 0 Å². The van der Waals surface area contributed by atoms with Crippen molar-refractivity contribution in [2.75, 3.05) is 5.32 Å². The Kier molecular flexibility index (Phi) is 4.78. The number of benzene rings is 1. The van der Waals surface area contributed by atoms with E-state index in [0.717, 1.165) is 43.7 Å². The molecule has 1 saturated carbocycles. The van der Waals surface area contributed by atoms with Crippen LogP contribution < -0.4 is 10.1 Å². The minimum Gasteiger partial charge on any atom is -0.488 e. The fourth-order valence-electron chi connectivity index (χ4n) is 2.64. The number of aliphatic hydroxyl groups excluding tert-OH is 1. The van der Waals surface area contributed by atoms with Gasteiger partial charge in [0.05, 0.1) is 6.10 Å². The van der Waals surface area contributed by atoms with Crippen LogP contribution in [-0.2, 0) is 6.54 Å². The van der Waals surface area contributed by atoms with Gasteiger partial charge in [-0.2, -0.15) is 0 Å². The van der Waals surface area contributed by atoms with E-state index < -0.39 is 0 Å². The summed E-state index contributed by atoms with van der Waals surface area (Å²) >= 11 is 1.75. The maximum absolute atomic E-state index is 9.94. The molecule has 1 aliphatic carbocycles. The van der Waals surface area contributed by atoms with Gasteiger partial charge in [-0.1, -0.05) is 12.5 Å². The summed E-state index contributed by atoms with van der Waals surface area (Å²) in [6.07, 6.45) is 3.67. The minimum atomic E-state index is -0.324. The Hall–Kier alpha value is -1.52. The molecule has 0 spiro atoms. The summed E-state index contributed by atoms with van der Waals surface area (Å²) in [4.78, 5) is 1.32. The molecule has 0 aliphatic heterocycles. The largest absolute Gasteiger partial charge is 0.488 e. The van der Waals surface area contributed by atoms with Crippen LogP contribution in [0.4, 0.5) is 5.69 Å². The predicted molar refractivity (Wildman–Crippen MR) is 87.0 cm³/mol. The summed E-state index contributed by atoms with van der Waals surface area (Å²) < 4.78 is 5.90. The van der Waals surface area contributed by atoms with E-state index in [1.165, 1.54) is 4.88 Å². The van der Waals surface area contributed by atoms with Crippen molar-refractivity contribution in [2.45, 2.75) is 44.4 Å². The van der Waals surface area contributed by atoms with Crippen molar-refractivity contribution in [3.8, 4) is 5.75 Å². The van der Waals surface area contributed by atoms with E-state index in [4.69, 9.17) is 4.74 Å². The number of thiophene rings is 1. The maximum Gasteiger partial charge on any atom is 0.124 e. The SMILES string of the molecule is OC1CCCCC1Oc1ccc(NCc2cccs2)cc1. The van der Waals surface area contributed by atoms with Gasteiger partial charge in [0, 0.05) is 17.1 Å². The third-order valence-electron chi connectivity index (χ3n) is 3.86. The first-order chi connectivity index (χ1) is 10.3. The second-order valence-electron chi connectivity index (χ2n) is 5.47. The highest BCUT2D eigenvalue weighted by Crippen LogP contribution is 2.25. The van der Waals surface area contributed by atoms with E-state index >= 15 is 0 Å². The Morgan fingerprint density at radius 1 is 1.14 bits per heavy atom. The van der Waals surface area contributed by atoms with Crippen molar-refractivity contribution in [1.82, 2.24) is 0 Å². The number of nitrogens with one attached hydrogen (secondary N) is 1. The highest BCUT2D eigenvalue weighted by Gasteiger charge is 2.24. The van der Waals surface area contributed by atoms with Crippen molar-refractivity contribution < 1.29 is 9.84 Å². The number of rotatable bonds is 5. The smallest absolute Gasteiger partial charge is 0.124 e. The van der Waals surface area contributed by atoms with Crippen molar-refractivity contribution in [3.05, 3.63) is 46.7 Å². The first-order valence-corrected chi connectivity index (χ1v) is 8.40. The number of aliphatic hydroxyl groups is 1. The van der Waals surface area contributed by atoms with E-state index in [2.05, 4.69) is 22.8 Å². The van der Waals surface area contributed by atoms with E-state index in [1.54, 1.807) is 11.3 Å². The van der Waals surface area contributed by atoms with Crippen LogP contribution in [-0.4, -0.2) is 17.3 Å². The molecule has 1 aromatic heterocycles. The van der Waals surface area contributed by atoms with Gasteiger partial charge in [-0.05, 0) is 55.0 Å². The second-order valence-corrected chi connectivity index (χ2v) is 6.50. The van der Waals surface area contributed by atoms with E-state index in [9.17, 15) is 5.11 Å². The van der Waals surface area contributed by atoms with Gasteiger partial charge in [-0.3, -0.25) is 0 Å². The predicted octanol–water partition coefficient (Wildman–Crippen LogP) is 4.04. The zero-order chi connectivity index (χ0) is 14.5. The average Bonchev–Trinajstić information content (AvgIpc) is 3.02. The molecule has 2 unspecified atom stereocenters. The summed E-state index contributed by atoms with van der Waals surface area (Å²) in [6, 6.07) is 12.2. The summed E-state index contributed by atoms with van der Waals surface area (Å²) in [5.74, 6) is 0.836. The zero-order valence-corrected chi connectivity index (χ0v) is 12.8. The molecule has 0 radical (unpaired) electrons. The van der Waals surface area contributed by atoms with E-state index in [1.807, 2.05) is 24.3 Å². The number of ether oxygens (including phenoxy) is 1. The van der Waals surface area contributed by atoms with Crippen molar-refractivity contribution in [2.24, 2.45) is 0 Å². The normalized spacial score (nSPS) is 22.0. The minimum absolute atomic E-state index is 0.0522. The number of hydrogen-bond donors (Lipinski definition) is 2. The third-order valence-corrected chi connectivity index (χ3v) is 4.73. The average molecular weight is 303 g/mol. The van der Waals surface area contributed by atoms with Crippen molar-refractivity contribution in [3.63, 3.8) is 0 Å². The summed E-state index contributed by atoms with van der Waals surface area (Å²) in [5.41, 5.74) is 1.08. The molecule has 2 aromatic rings. The van der Waals surface area contributed by atoms with Gasteiger partial charge in [0.25, 0.3) is 0 Å². The Morgan fingerprint density at radius 2 is 1.95 bits per heavy atom. The Bertz CT molecular complexity index is 538. The molecule has 0 saturated heterocycles. The van der Waals surface area contributed by atoms with Crippen LogP contribution in [0.1, 0.15) is 30.6 Å². The van der Waals surface area contributed by atoms with Crippen LogP contribution in [0.15, 0.2) is 41.8 Å². The Morgan fingerprint density at radius 3 is 2.67 bits per heavy atom. The standard InChI is InChI=1S/C17H21NO2S/c19-16-5-1-2-6-17(16)20-14-9-7-13(8-10-14)18-12-15-4-3-11-21-15/h3-4,7-11,16-19H,1-2,5-6,12H2. The molecule has 21 heavy (non-hydrogen) atoms. The van der Waals surface area contributed by atoms with Gasteiger partial charge in [0.1, 0.15) is 11.9 Å². The lowest BCUT2D eigenvalue weighted by Crippen LogP contribution is -2.34. The summed E-state index contributed by atoms with van der Waals surface area (Å²) in [5, 5.41) is 15.4. The maximum atomic E-state index is 9.94. The van der Waals surface area contributed by atoms with Crippen LogP contribution >= 0.6 is 11.3 Å². The van der Waals surface area contributed by atoms with Crippen LogP contribution in [0.5, 0.6) is 5.75 Å². The van der Waals surface area contributed by atoms with Gasteiger partial charge >= 0.3 is 0 Å². The fourth-order valence-corrected chi connectivity index (χ4v) is 3.29. The monoisotopic (exact) mass is 303 g/mol. The third kappa shape index (κ3) is 3.99. The fraction of sp³-hybridized carbons (Fsp3) is 0.412. The molecule has 3 nitrogen and oxygen atoms in total. The molecule has 1 aromatic carbocycles. The molecular formula is C17H21NO2S. The zero-order valence-electron chi connectivity index (χ0n) is 12.0. The Labute approximate surface area is 129 Å². The molecule has 1 fully saturated rings. The lowest BCUT2D eigenvalue weighted by Gasteiger charge is -2.28. The number of hydrogen-bond acceptors (Lipinski definition) is 4. The second kappa shape index (κ2) is 6.96. The molecule has 1 aliphatic rings. The van der Waals surface area contributed by atoms with Gasteiger partial charge in [-0.15, -0.1) is 11.3 Å². The first-order valence-electron chi connectivity index (χ1n) is 7.52. The lowest BCUT2D eigenvalue weighted by atomic mass is 9.95. The first kappa shape index (κ1) is 14.4.